The normalized spacial score (nSPS) is 42.6. The fourth-order valence-electron chi connectivity index (χ4n) is 10.5. The highest BCUT2D eigenvalue weighted by atomic mass is 16.2. The van der Waals surface area contributed by atoms with Gasteiger partial charge in [0.15, 0.2) is 0 Å². The highest BCUT2D eigenvalue weighted by Crippen LogP contribution is 2.70. The Bertz CT molecular complexity index is 1380. The van der Waals surface area contributed by atoms with E-state index in [0.717, 1.165) is 43.4 Å². The number of amidine groups is 1. The molecule has 2 amide bonds. The molecule has 2 heterocycles. The zero-order valence-corrected chi connectivity index (χ0v) is 24.9. The second-order valence-corrected chi connectivity index (χ2v) is 14.6. The van der Waals surface area contributed by atoms with Gasteiger partial charge in [-0.15, -0.1) is 0 Å². The molecule has 3 N–H and O–H groups in total. The molecular weight excluding hydrogens is 506 g/mol. The minimum absolute atomic E-state index is 0.0741. The Labute approximate surface area is 245 Å². The molecule has 1 aromatic rings. The maximum atomic E-state index is 14.9. The molecule has 6 nitrogen and oxygen atoms in total. The summed E-state index contributed by atoms with van der Waals surface area (Å²) in [6, 6.07) is 13.4. The standard InChI is InChI=1S/C35H46N5O/c1-24(21-36)18-25-10-16-33(3)28-11-15-32(2)13-7-14-35(32)29(28)12-17-34(33,20-25)39-23-26(22-38-35)19-30(37)40(31(39)41)27-8-5-4-6-9-27/h4-6,8-9,12,17,25-26,28-29,37H,1,7,10-11,13-16,18-21,23,36H2,2-3H3/q+1. The molecule has 3 saturated carbocycles. The van der Waals surface area contributed by atoms with Crippen molar-refractivity contribution in [2.75, 3.05) is 18.0 Å². The minimum atomic E-state index is -0.439. The lowest BCUT2D eigenvalue weighted by atomic mass is 9.42. The number of fused-ring (bicyclic) bond motifs is 3. The predicted octanol–water partition coefficient (Wildman–Crippen LogP) is 7.23. The number of benzene rings is 1. The van der Waals surface area contributed by atoms with Crippen LogP contribution in [-0.2, 0) is 0 Å². The number of carbonyl (C=O) groups is 1. The minimum Gasteiger partial charge on any atom is -0.327 e. The van der Waals surface area contributed by atoms with E-state index in [1.807, 2.05) is 30.3 Å². The molecule has 4 aliphatic carbocycles. The third-order valence-electron chi connectivity index (χ3n) is 12.7. The van der Waals surface area contributed by atoms with Crippen LogP contribution in [0.5, 0.6) is 0 Å². The molecule has 6 aliphatic rings. The number of para-hydroxylation sites is 1. The lowest BCUT2D eigenvalue weighted by Crippen LogP contribution is -2.71. The molecule has 7 rings (SSSR count). The van der Waals surface area contributed by atoms with Crippen LogP contribution in [0, 0.1) is 46.0 Å². The quantitative estimate of drug-likeness (QED) is 0.387. The van der Waals surface area contributed by atoms with Gasteiger partial charge in [0, 0.05) is 25.9 Å². The predicted molar refractivity (Wildman–Crippen MR) is 165 cm³/mol. The van der Waals surface area contributed by atoms with Crippen LogP contribution in [0.15, 0.2) is 54.6 Å². The second kappa shape index (κ2) is 9.30. The Balaban J connectivity index is 1.45. The molecule has 8 unspecified atom stereocenters. The summed E-state index contributed by atoms with van der Waals surface area (Å²) >= 11 is 0. The van der Waals surface area contributed by atoms with Gasteiger partial charge in [0.25, 0.3) is 11.6 Å². The van der Waals surface area contributed by atoms with E-state index in [1.165, 1.54) is 25.7 Å². The Kier molecular flexibility index (Phi) is 6.11. The van der Waals surface area contributed by atoms with Crippen LogP contribution in [0.4, 0.5) is 10.5 Å². The summed E-state index contributed by atoms with van der Waals surface area (Å²) in [5.74, 6) is 1.48. The van der Waals surface area contributed by atoms with E-state index < -0.39 is 5.54 Å². The SMILES string of the molecule is C=C(CN)CC1CCC2(C)C3CCC4(C)CCCC45[N+]#CC4CC(=N)N(c6ccccc6)C(=O)N(C4)C2(C=CC35)C1. The fraction of sp³-hybridized carbons (Fsp3) is 0.629. The van der Waals surface area contributed by atoms with Gasteiger partial charge in [-0.05, 0) is 80.8 Å². The van der Waals surface area contributed by atoms with Crippen molar-refractivity contribution in [2.45, 2.75) is 89.1 Å². The number of hydrogen-bond donors (Lipinski definition) is 2. The lowest BCUT2D eigenvalue weighted by molar-refractivity contribution is -0.113. The third-order valence-corrected chi connectivity index (χ3v) is 12.7. The maximum absolute atomic E-state index is 14.9. The first-order valence-electron chi connectivity index (χ1n) is 15.9. The summed E-state index contributed by atoms with van der Waals surface area (Å²) in [4.78, 5) is 24.2. The van der Waals surface area contributed by atoms with Gasteiger partial charge in [-0.2, -0.15) is 0 Å². The largest absolute Gasteiger partial charge is 0.330 e. The first-order valence-corrected chi connectivity index (χ1v) is 15.9. The zero-order valence-electron chi connectivity index (χ0n) is 24.9. The molecule has 0 aromatic heterocycles. The van der Waals surface area contributed by atoms with Gasteiger partial charge in [-0.3, -0.25) is 10.3 Å². The van der Waals surface area contributed by atoms with Crippen molar-refractivity contribution in [2.24, 2.45) is 40.2 Å². The van der Waals surface area contributed by atoms with Gasteiger partial charge in [0.05, 0.1) is 22.6 Å². The van der Waals surface area contributed by atoms with Crippen molar-refractivity contribution in [3.05, 3.63) is 59.5 Å². The first-order chi connectivity index (χ1) is 19.7. The summed E-state index contributed by atoms with van der Waals surface area (Å²) in [5.41, 5.74) is 7.42. The molecule has 0 radical (unpaired) electrons. The highest BCUT2D eigenvalue weighted by molar-refractivity contribution is 6.16. The highest BCUT2D eigenvalue weighted by Gasteiger charge is 2.74. The Morgan fingerprint density at radius 1 is 1.17 bits per heavy atom. The van der Waals surface area contributed by atoms with Crippen LogP contribution in [0.3, 0.4) is 0 Å². The number of nitrogens with zero attached hydrogens (tertiary/aromatic N) is 3. The van der Waals surface area contributed by atoms with Crippen LogP contribution in [0.25, 0.3) is 4.85 Å². The van der Waals surface area contributed by atoms with Crippen LogP contribution >= 0.6 is 0 Å². The van der Waals surface area contributed by atoms with Gasteiger partial charge in [0.2, 0.25) is 0 Å². The number of nitrogens with two attached hydrogens (primary N) is 1. The van der Waals surface area contributed by atoms with Crippen molar-refractivity contribution < 1.29 is 4.79 Å². The van der Waals surface area contributed by atoms with Crippen LogP contribution in [-0.4, -0.2) is 40.9 Å². The van der Waals surface area contributed by atoms with Gasteiger partial charge in [-0.1, -0.05) is 61.2 Å². The fourth-order valence-corrected chi connectivity index (χ4v) is 10.5. The first kappa shape index (κ1) is 27.0. The number of rotatable bonds is 4. The summed E-state index contributed by atoms with van der Waals surface area (Å²) in [5, 5.41) is 9.21. The number of nitrogens with one attached hydrogen (secondary N) is 1. The van der Waals surface area contributed by atoms with Gasteiger partial charge < -0.3 is 10.6 Å². The number of anilines is 1. The Morgan fingerprint density at radius 2 is 1.98 bits per heavy atom. The van der Waals surface area contributed by atoms with Crippen LogP contribution in [0.2, 0.25) is 0 Å². The molecule has 1 aromatic carbocycles. The maximum Gasteiger partial charge on any atom is 0.330 e. The zero-order chi connectivity index (χ0) is 28.6. The van der Waals surface area contributed by atoms with E-state index in [-0.39, 0.29) is 28.3 Å². The summed E-state index contributed by atoms with van der Waals surface area (Å²) in [6.45, 7) is 10.3. The smallest absolute Gasteiger partial charge is 0.327 e. The molecule has 2 spiro atoms. The number of urea groups is 1. The molecule has 2 aliphatic heterocycles. The topological polar surface area (TPSA) is 77.8 Å². The molecule has 8 atom stereocenters. The summed E-state index contributed by atoms with van der Waals surface area (Å²) in [6.07, 6.45) is 15.4. The van der Waals surface area contributed by atoms with E-state index in [0.29, 0.717) is 43.1 Å². The number of amides is 2. The van der Waals surface area contributed by atoms with E-state index in [2.05, 4.69) is 43.5 Å². The van der Waals surface area contributed by atoms with Crippen molar-refractivity contribution in [1.82, 2.24) is 4.90 Å². The number of hydrogen-bond acceptors (Lipinski definition) is 3. The third kappa shape index (κ3) is 3.63. The van der Waals surface area contributed by atoms with Crippen LogP contribution in [0.1, 0.15) is 78.1 Å². The monoisotopic (exact) mass is 552 g/mol. The van der Waals surface area contributed by atoms with Crippen molar-refractivity contribution in [3.8, 4) is 6.07 Å². The summed E-state index contributed by atoms with van der Waals surface area (Å²) < 4.78 is 0. The Morgan fingerprint density at radius 3 is 2.76 bits per heavy atom. The van der Waals surface area contributed by atoms with Crippen LogP contribution < -0.4 is 10.6 Å². The molecule has 41 heavy (non-hydrogen) atoms. The molecule has 4 fully saturated rings. The lowest BCUT2D eigenvalue weighted by Gasteiger charge is -2.65. The molecular formula is C35H46N5O+. The average Bonchev–Trinajstić information content (AvgIpc) is 3.25. The molecule has 4 bridgehead atoms. The van der Waals surface area contributed by atoms with E-state index in [4.69, 9.17) is 10.6 Å². The van der Waals surface area contributed by atoms with E-state index in [9.17, 15) is 10.2 Å². The molecule has 6 heteroatoms. The van der Waals surface area contributed by atoms with E-state index in [1.54, 1.807) is 4.90 Å². The average molecular weight is 553 g/mol. The second-order valence-electron chi connectivity index (χ2n) is 14.6. The molecule has 216 valence electrons. The van der Waals surface area contributed by atoms with Crippen molar-refractivity contribution >= 4 is 17.6 Å². The number of carbonyl (C=O) groups excluding carboxylic acids is 1. The molecule has 1 saturated heterocycles. The van der Waals surface area contributed by atoms with Gasteiger partial charge in [-0.25, -0.2) is 4.79 Å². The van der Waals surface area contributed by atoms with Crippen molar-refractivity contribution in [3.63, 3.8) is 0 Å². The van der Waals surface area contributed by atoms with Crippen molar-refractivity contribution in [1.29, 1.82) is 5.41 Å². The summed E-state index contributed by atoms with van der Waals surface area (Å²) in [7, 11) is 0. The Hall–Kier alpha value is -2.91. The van der Waals surface area contributed by atoms with Gasteiger partial charge in [0.1, 0.15) is 11.8 Å². The van der Waals surface area contributed by atoms with E-state index >= 15 is 0 Å². The van der Waals surface area contributed by atoms with Gasteiger partial charge >= 0.3 is 6.03 Å².